The molecule has 13 heavy (non-hydrogen) atoms. The molecule has 0 heterocycles. The van der Waals surface area contributed by atoms with Crippen LogP contribution in [-0.4, -0.2) is 0 Å². The van der Waals surface area contributed by atoms with Gasteiger partial charge in [0.2, 0.25) is 0 Å². The lowest BCUT2D eigenvalue weighted by Crippen LogP contribution is -1.90. The highest BCUT2D eigenvalue weighted by Gasteiger charge is 2.02. The Morgan fingerprint density at radius 1 is 0.923 bits per heavy atom. The molecule has 0 amide bonds. The standard InChI is InChI=1S/C12H13N/c1-8-4-3-5-10-11(13)7-6-9(2)12(8)10/h3-7H,13H2,1-2H3. The second-order valence-electron chi connectivity index (χ2n) is 3.47. The molecule has 0 unspecified atom stereocenters. The van der Waals surface area contributed by atoms with Crippen LogP contribution in [0.5, 0.6) is 0 Å². The summed E-state index contributed by atoms with van der Waals surface area (Å²) in [6, 6.07) is 10.3. The first-order valence-electron chi connectivity index (χ1n) is 4.44. The molecule has 0 radical (unpaired) electrons. The van der Waals surface area contributed by atoms with E-state index < -0.39 is 0 Å². The number of rotatable bonds is 0. The van der Waals surface area contributed by atoms with E-state index in [-0.39, 0.29) is 0 Å². The van der Waals surface area contributed by atoms with Crippen molar-refractivity contribution < 1.29 is 0 Å². The largest absolute Gasteiger partial charge is 0.398 e. The topological polar surface area (TPSA) is 26.0 Å². The van der Waals surface area contributed by atoms with Crippen molar-refractivity contribution in [2.45, 2.75) is 13.8 Å². The summed E-state index contributed by atoms with van der Waals surface area (Å²) in [6.45, 7) is 4.24. The lowest BCUT2D eigenvalue weighted by Gasteiger charge is -2.07. The summed E-state index contributed by atoms with van der Waals surface area (Å²) in [5, 5.41) is 2.46. The van der Waals surface area contributed by atoms with Gasteiger partial charge in [0.15, 0.2) is 0 Å². The van der Waals surface area contributed by atoms with Crippen LogP contribution in [0.4, 0.5) is 5.69 Å². The minimum absolute atomic E-state index is 0.865. The smallest absolute Gasteiger partial charge is 0.0394 e. The Morgan fingerprint density at radius 3 is 2.31 bits per heavy atom. The van der Waals surface area contributed by atoms with E-state index in [1.807, 2.05) is 12.1 Å². The van der Waals surface area contributed by atoms with E-state index in [0.29, 0.717) is 0 Å². The van der Waals surface area contributed by atoms with Crippen LogP contribution in [0.25, 0.3) is 10.8 Å². The predicted molar refractivity (Wildman–Crippen MR) is 57.8 cm³/mol. The molecule has 1 nitrogen and oxygen atoms in total. The van der Waals surface area contributed by atoms with Crippen LogP contribution in [0.2, 0.25) is 0 Å². The number of anilines is 1. The average molecular weight is 171 g/mol. The van der Waals surface area contributed by atoms with Crippen molar-refractivity contribution in [1.29, 1.82) is 0 Å². The monoisotopic (exact) mass is 171 g/mol. The van der Waals surface area contributed by atoms with Crippen LogP contribution in [0.15, 0.2) is 30.3 Å². The van der Waals surface area contributed by atoms with Crippen molar-refractivity contribution in [2.75, 3.05) is 5.73 Å². The fourth-order valence-corrected chi connectivity index (χ4v) is 1.82. The van der Waals surface area contributed by atoms with E-state index in [1.165, 1.54) is 21.9 Å². The van der Waals surface area contributed by atoms with Crippen LogP contribution in [-0.2, 0) is 0 Å². The Labute approximate surface area is 78.2 Å². The van der Waals surface area contributed by atoms with E-state index in [9.17, 15) is 0 Å². The zero-order valence-corrected chi connectivity index (χ0v) is 7.96. The fourth-order valence-electron chi connectivity index (χ4n) is 1.82. The number of nitrogens with two attached hydrogens (primary N) is 1. The zero-order chi connectivity index (χ0) is 9.42. The Bertz CT molecular complexity index is 450. The molecule has 0 aliphatic rings. The summed E-state index contributed by atoms with van der Waals surface area (Å²) >= 11 is 0. The average Bonchev–Trinajstić information content (AvgIpc) is 2.12. The van der Waals surface area contributed by atoms with Gasteiger partial charge in [-0.1, -0.05) is 24.3 Å². The van der Waals surface area contributed by atoms with Gasteiger partial charge in [0.25, 0.3) is 0 Å². The second kappa shape index (κ2) is 2.77. The van der Waals surface area contributed by atoms with E-state index in [2.05, 4.69) is 32.0 Å². The first-order valence-corrected chi connectivity index (χ1v) is 4.44. The maximum absolute atomic E-state index is 5.89. The maximum atomic E-state index is 5.89. The quantitative estimate of drug-likeness (QED) is 0.606. The zero-order valence-electron chi connectivity index (χ0n) is 7.96. The molecule has 0 fully saturated rings. The van der Waals surface area contributed by atoms with Crippen molar-refractivity contribution in [2.24, 2.45) is 0 Å². The van der Waals surface area contributed by atoms with Crippen LogP contribution in [0.1, 0.15) is 11.1 Å². The molecule has 1 heteroatoms. The van der Waals surface area contributed by atoms with Gasteiger partial charge in [-0.2, -0.15) is 0 Å². The van der Waals surface area contributed by atoms with Gasteiger partial charge in [-0.25, -0.2) is 0 Å². The van der Waals surface area contributed by atoms with Gasteiger partial charge >= 0.3 is 0 Å². The first-order chi connectivity index (χ1) is 6.20. The van der Waals surface area contributed by atoms with Gasteiger partial charge in [0.05, 0.1) is 0 Å². The number of aryl methyl sites for hydroxylation is 2. The molecule has 0 aromatic heterocycles. The highest BCUT2D eigenvalue weighted by atomic mass is 14.5. The SMILES string of the molecule is Cc1cccc2c(N)ccc(C)c12. The number of nitrogen functional groups attached to an aromatic ring is 1. The van der Waals surface area contributed by atoms with Crippen molar-refractivity contribution in [3.05, 3.63) is 41.5 Å². The van der Waals surface area contributed by atoms with Gasteiger partial charge in [0, 0.05) is 11.1 Å². The molecule has 0 spiro atoms. The lowest BCUT2D eigenvalue weighted by atomic mass is 10.00. The summed E-state index contributed by atoms with van der Waals surface area (Å²) in [6.07, 6.45) is 0. The molecule has 2 aromatic carbocycles. The Morgan fingerprint density at radius 2 is 1.62 bits per heavy atom. The molecule has 2 aromatic rings. The third kappa shape index (κ3) is 1.17. The normalized spacial score (nSPS) is 10.6. The Hall–Kier alpha value is -1.50. The number of fused-ring (bicyclic) bond motifs is 1. The summed E-state index contributed by atoms with van der Waals surface area (Å²) in [5.41, 5.74) is 9.35. The van der Waals surface area contributed by atoms with Gasteiger partial charge in [-0.05, 0) is 36.4 Å². The third-order valence-corrected chi connectivity index (χ3v) is 2.49. The third-order valence-electron chi connectivity index (χ3n) is 2.49. The van der Waals surface area contributed by atoms with E-state index in [1.54, 1.807) is 0 Å². The second-order valence-corrected chi connectivity index (χ2v) is 3.47. The molecule has 0 aliphatic carbocycles. The summed E-state index contributed by atoms with van der Waals surface area (Å²) in [7, 11) is 0. The highest BCUT2D eigenvalue weighted by Crippen LogP contribution is 2.26. The van der Waals surface area contributed by atoms with Gasteiger partial charge in [0.1, 0.15) is 0 Å². The number of hydrogen-bond acceptors (Lipinski definition) is 1. The summed E-state index contributed by atoms with van der Waals surface area (Å²) < 4.78 is 0. The molecule has 0 aliphatic heterocycles. The van der Waals surface area contributed by atoms with Gasteiger partial charge in [-0.15, -0.1) is 0 Å². The number of hydrogen-bond donors (Lipinski definition) is 1. The lowest BCUT2D eigenvalue weighted by molar-refractivity contribution is 1.46. The summed E-state index contributed by atoms with van der Waals surface area (Å²) in [4.78, 5) is 0. The Kier molecular flexibility index (Phi) is 1.73. The molecule has 2 rings (SSSR count). The van der Waals surface area contributed by atoms with E-state index in [0.717, 1.165) is 5.69 Å². The molecule has 0 saturated carbocycles. The maximum Gasteiger partial charge on any atom is 0.0394 e. The van der Waals surface area contributed by atoms with Crippen molar-refractivity contribution in [3.63, 3.8) is 0 Å². The minimum atomic E-state index is 0.865. The molecule has 0 saturated heterocycles. The number of benzene rings is 2. The molecule has 66 valence electrons. The van der Waals surface area contributed by atoms with Gasteiger partial charge in [-0.3, -0.25) is 0 Å². The first kappa shape index (κ1) is 8.11. The predicted octanol–water partition coefficient (Wildman–Crippen LogP) is 3.04. The molecular formula is C12H13N. The molecule has 2 N–H and O–H groups in total. The van der Waals surface area contributed by atoms with E-state index in [4.69, 9.17) is 5.73 Å². The minimum Gasteiger partial charge on any atom is -0.398 e. The summed E-state index contributed by atoms with van der Waals surface area (Å²) in [5.74, 6) is 0. The van der Waals surface area contributed by atoms with Crippen molar-refractivity contribution >= 4 is 16.5 Å². The van der Waals surface area contributed by atoms with Crippen molar-refractivity contribution in [1.82, 2.24) is 0 Å². The van der Waals surface area contributed by atoms with Crippen LogP contribution < -0.4 is 5.73 Å². The molecular weight excluding hydrogens is 158 g/mol. The van der Waals surface area contributed by atoms with Crippen molar-refractivity contribution in [3.8, 4) is 0 Å². The molecule has 0 bridgehead atoms. The van der Waals surface area contributed by atoms with Crippen LogP contribution in [0.3, 0.4) is 0 Å². The van der Waals surface area contributed by atoms with E-state index >= 15 is 0 Å². The highest BCUT2D eigenvalue weighted by molar-refractivity contribution is 5.96. The fraction of sp³-hybridized carbons (Fsp3) is 0.167. The molecule has 0 atom stereocenters. The Balaban J connectivity index is 3.00. The van der Waals surface area contributed by atoms with Crippen LogP contribution in [0, 0.1) is 13.8 Å². The van der Waals surface area contributed by atoms with Crippen LogP contribution >= 0.6 is 0 Å². The van der Waals surface area contributed by atoms with Gasteiger partial charge < -0.3 is 5.73 Å².